The maximum Gasteiger partial charge on any atom is 0.169 e. The average molecular weight is 302 g/mol. The Hall–Kier alpha value is -1.09. The molecule has 0 bridgehead atoms. The van der Waals surface area contributed by atoms with Crippen LogP contribution in [-0.4, -0.2) is 29.1 Å². The molecule has 1 aliphatic heterocycles. The second-order valence-electron chi connectivity index (χ2n) is 6.42. The summed E-state index contributed by atoms with van der Waals surface area (Å²) >= 11 is 5.67. The van der Waals surface area contributed by atoms with Gasteiger partial charge in [0, 0.05) is 19.1 Å². The second kappa shape index (κ2) is 7.26. The van der Waals surface area contributed by atoms with Gasteiger partial charge in [0.25, 0.3) is 0 Å². The van der Waals surface area contributed by atoms with E-state index in [4.69, 9.17) is 12.2 Å². The zero-order chi connectivity index (χ0) is 14.5. The highest BCUT2D eigenvalue weighted by atomic mass is 32.1. The van der Waals surface area contributed by atoms with E-state index >= 15 is 0 Å². The Morgan fingerprint density at radius 3 is 2.71 bits per heavy atom. The smallest absolute Gasteiger partial charge is 0.169 e. The maximum atomic E-state index is 5.67. The first kappa shape index (κ1) is 14.8. The Kier molecular flexibility index (Phi) is 5.13. The number of fused-ring (bicyclic) bond motifs is 1. The third kappa shape index (κ3) is 3.76. The van der Waals surface area contributed by atoms with E-state index in [0.717, 1.165) is 30.5 Å². The number of benzene rings is 1. The summed E-state index contributed by atoms with van der Waals surface area (Å²) in [6.45, 7) is 2.09. The topological polar surface area (TPSA) is 15.3 Å². The van der Waals surface area contributed by atoms with Crippen molar-refractivity contribution >= 4 is 17.3 Å². The molecule has 1 aromatic carbocycles. The van der Waals surface area contributed by atoms with Gasteiger partial charge in [-0.25, -0.2) is 0 Å². The van der Waals surface area contributed by atoms with Crippen molar-refractivity contribution in [2.45, 2.75) is 51.0 Å². The second-order valence-corrected chi connectivity index (χ2v) is 6.80. The lowest BCUT2D eigenvalue weighted by Crippen LogP contribution is -2.53. The van der Waals surface area contributed by atoms with Gasteiger partial charge in [-0.15, -0.1) is 0 Å². The normalized spacial score (nSPS) is 25.2. The van der Waals surface area contributed by atoms with Crippen molar-refractivity contribution in [2.75, 3.05) is 13.1 Å². The number of piperidine rings is 1. The fourth-order valence-electron chi connectivity index (χ4n) is 3.94. The largest absolute Gasteiger partial charge is 0.362 e. The van der Waals surface area contributed by atoms with Crippen LogP contribution in [0.3, 0.4) is 0 Å². The standard InChI is InChI=1S/C18H26N2S/c21-18(19-13-12-15-7-2-1-3-8-15)20-14-6-10-16-9-4-5-11-17(16)20/h1-3,7-8,16-17H,4-6,9-14H2,(H,19,21)/t16-,17+/m1/s1. The minimum absolute atomic E-state index is 0.712. The third-order valence-corrected chi connectivity index (χ3v) is 5.42. The number of likely N-dealkylation sites (tertiary alicyclic amines) is 1. The molecule has 1 heterocycles. The van der Waals surface area contributed by atoms with Crippen LogP contribution in [0.2, 0.25) is 0 Å². The zero-order valence-electron chi connectivity index (χ0n) is 12.8. The van der Waals surface area contributed by atoms with E-state index in [1.807, 2.05) is 0 Å². The SMILES string of the molecule is S=C(NCCc1ccccc1)N1CCC[C@H]2CCCC[C@@H]21. The summed E-state index contributed by atoms with van der Waals surface area (Å²) in [6, 6.07) is 11.4. The number of nitrogens with one attached hydrogen (secondary N) is 1. The summed E-state index contributed by atoms with van der Waals surface area (Å²) in [7, 11) is 0. The summed E-state index contributed by atoms with van der Waals surface area (Å²) in [6.07, 6.45) is 9.31. The van der Waals surface area contributed by atoms with E-state index in [-0.39, 0.29) is 0 Å². The third-order valence-electron chi connectivity index (χ3n) is 5.04. The molecule has 3 rings (SSSR count). The van der Waals surface area contributed by atoms with Crippen molar-refractivity contribution in [2.24, 2.45) is 5.92 Å². The molecule has 0 radical (unpaired) electrons. The number of thiocarbonyl (C=S) groups is 1. The fourth-order valence-corrected chi connectivity index (χ4v) is 4.27. The van der Waals surface area contributed by atoms with E-state index in [0.29, 0.717) is 6.04 Å². The molecule has 1 saturated carbocycles. The molecule has 114 valence electrons. The molecule has 1 N–H and O–H groups in total. The molecule has 0 unspecified atom stereocenters. The van der Waals surface area contributed by atoms with Gasteiger partial charge in [0.2, 0.25) is 0 Å². The van der Waals surface area contributed by atoms with Gasteiger partial charge < -0.3 is 10.2 Å². The number of nitrogens with zero attached hydrogens (tertiary/aromatic N) is 1. The van der Waals surface area contributed by atoms with Gasteiger partial charge in [-0.05, 0) is 55.8 Å². The van der Waals surface area contributed by atoms with Crippen LogP contribution in [-0.2, 0) is 6.42 Å². The summed E-state index contributed by atoms with van der Waals surface area (Å²) in [5, 5.41) is 4.48. The van der Waals surface area contributed by atoms with E-state index in [1.165, 1.54) is 44.1 Å². The highest BCUT2D eigenvalue weighted by Gasteiger charge is 2.34. The molecule has 1 saturated heterocycles. The molecule has 1 aliphatic carbocycles. The van der Waals surface area contributed by atoms with Crippen molar-refractivity contribution in [1.29, 1.82) is 0 Å². The molecule has 2 nitrogen and oxygen atoms in total. The molecule has 2 atom stereocenters. The van der Waals surface area contributed by atoms with Crippen LogP contribution in [0.5, 0.6) is 0 Å². The van der Waals surface area contributed by atoms with Crippen LogP contribution in [0.1, 0.15) is 44.1 Å². The number of rotatable bonds is 3. The molecule has 0 aromatic heterocycles. The van der Waals surface area contributed by atoms with Crippen molar-refractivity contribution in [1.82, 2.24) is 10.2 Å². The van der Waals surface area contributed by atoms with Gasteiger partial charge in [-0.1, -0.05) is 43.2 Å². The highest BCUT2D eigenvalue weighted by Crippen LogP contribution is 2.35. The van der Waals surface area contributed by atoms with E-state index < -0.39 is 0 Å². The minimum Gasteiger partial charge on any atom is -0.362 e. The van der Waals surface area contributed by atoms with Gasteiger partial charge in [-0.2, -0.15) is 0 Å². The summed E-state index contributed by atoms with van der Waals surface area (Å²) in [4.78, 5) is 2.49. The van der Waals surface area contributed by atoms with Gasteiger partial charge in [0.15, 0.2) is 5.11 Å². The summed E-state index contributed by atoms with van der Waals surface area (Å²) in [5.41, 5.74) is 1.38. The molecule has 21 heavy (non-hydrogen) atoms. The van der Waals surface area contributed by atoms with Gasteiger partial charge in [-0.3, -0.25) is 0 Å². The number of hydrogen-bond donors (Lipinski definition) is 1. The van der Waals surface area contributed by atoms with Crippen LogP contribution in [0.4, 0.5) is 0 Å². The molecule has 0 spiro atoms. The highest BCUT2D eigenvalue weighted by molar-refractivity contribution is 7.80. The minimum atomic E-state index is 0.712. The Bertz CT molecular complexity index is 458. The summed E-state index contributed by atoms with van der Waals surface area (Å²) < 4.78 is 0. The van der Waals surface area contributed by atoms with Crippen LogP contribution >= 0.6 is 12.2 Å². The predicted molar refractivity (Wildman–Crippen MR) is 92.4 cm³/mol. The van der Waals surface area contributed by atoms with E-state index in [9.17, 15) is 0 Å². The first-order valence-corrected chi connectivity index (χ1v) is 8.84. The lowest BCUT2D eigenvalue weighted by molar-refractivity contribution is 0.118. The predicted octanol–water partition coefficient (Wildman–Crippen LogP) is 3.76. The lowest BCUT2D eigenvalue weighted by atomic mass is 9.78. The van der Waals surface area contributed by atoms with Crippen LogP contribution in [0, 0.1) is 5.92 Å². The zero-order valence-corrected chi connectivity index (χ0v) is 13.6. The van der Waals surface area contributed by atoms with Crippen LogP contribution < -0.4 is 5.32 Å². The maximum absolute atomic E-state index is 5.67. The molecular weight excluding hydrogens is 276 g/mol. The van der Waals surface area contributed by atoms with Crippen molar-refractivity contribution < 1.29 is 0 Å². The van der Waals surface area contributed by atoms with Crippen molar-refractivity contribution in [3.8, 4) is 0 Å². The average Bonchev–Trinajstić information content (AvgIpc) is 2.55. The van der Waals surface area contributed by atoms with Crippen molar-refractivity contribution in [3.63, 3.8) is 0 Å². The van der Waals surface area contributed by atoms with Gasteiger partial charge in [0.1, 0.15) is 0 Å². The molecule has 0 amide bonds. The van der Waals surface area contributed by atoms with Crippen LogP contribution in [0.25, 0.3) is 0 Å². The fraction of sp³-hybridized carbons (Fsp3) is 0.611. The van der Waals surface area contributed by atoms with Crippen LogP contribution in [0.15, 0.2) is 30.3 Å². The molecular formula is C18H26N2S. The van der Waals surface area contributed by atoms with Gasteiger partial charge >= 0.3 is 0 Å². The molecule has 2 fully saturated rings. The Labute approximate surface area is 133 Å². The first-order chi connectivity index (χ1) is 10.3. The lowest BCUT2D eigenvalue weighted by Gasteiger charge is -2.45. The Balaban J connectivity index is 1.50. The van der Waals surface area contributed by atoms with E-state index in [2.05, 4.69) is 40.5 Å². The Morgan fingerprint density at radius 1 is 1.10 bits per heavy atom. The van der Waals surface area contributed by atoms with Gasteiger partial charge in [0.05, 0.1) is 0 Å². The Morgan fingerprint density at radius 2 is 1.86 bits per heavy atom. The summed E-state index contributed by atoms with van der Waals surface area (Å²) in [5.74, 6) is 0.890. The molecule has 2 aliphatic rings. The quantitative estimate of drug-likeness (QED) is 0.856. The molecule has 1 aromatic rings. The first-order valence-electron chi connectivity index (χ1n) is 8.43. The monoisotopic (exact) mass is 302 g/mol. The van der Waals surface area contributed by atoms with Crippen molar-refractivity contribution in [3.05, 3.63) is 35.9 Å². The molecule has 3 heteroatoms. The number of hydrogen-bond acceptors (Lipinski definition) is 1. The van der Waals surface area contributed by atoms with E-state index in [1.54, 1.807) is 0 Å².